The number of aliphatic imine (C=N–C) groups is 1. The number of hydrogen-bond donors (Lipinski definition) is 1. The largest absolute Gasteiger partial charge is 0.462 e. The lowest BCUT2D eigenvalue weighted by Crippen LogP contribution is -2.52. The van der Waals surface area contributed by atoms with Crippen molar-refractivity contribution >= 4 is 6.02 Å². The van der Waals surface area contributed by atoms with Crippen LogP contribution in [-0.4, -0.2) is 30.9 Å². The lowest BCUT2D eigenvalue weighted by molar-refractivity contribution is -0.0640. The fourth-order valence-corrected chi connectivity index (χ4v) is 2.07. The van der Waals surface area contributed by atoms with Crippen LogP contribution in [0.3, 0.4) is 0 Å². The minimum absolute atomic E-state index is 0.145. The predicted molar refractivity (Wildman–Crippen MR) is 49.5 cm³/mol. The van der Waals surface area contributed by atoms with E-state index in [2.05, 4.69) is 18.8 Å². The van der Waals surface area contributed by atoms with Crippen molar-refractivity contribution in [2.24, 2.45) is 16.6 Å². The molecule has 2 aliphatic rings. The molecule has 2 atom stereocenters. The van der Waals surface area contributed by atoms with E-state index in [0.29, 0.717) is 11.9 Å². The van der Waals surface area contributed by atoms with Crippen LogP contribution in [0.2, 0.25) is 0 Å². The highest BCUT2D eigenvalue weighted by Gasteiger charge is 2.42. The Morgan fingerprint density at radius 3 is 3.08 bits per heavy atom. The Morgan fingerprint density at radius 1 is 1.54 bits per heavy atom. The van der Waals surface area contributed by atoms with Crippen molar-refractivity contribution in [3.05, 3.63) is 0 Å². The monoisotopic (exact) mass is 184 g/mol. The SMILES string of the molecule is CC1(C)N=C(N)O[C@@H]2CCOC[C@@H]21. The summed E-state index contributed by atoms with van der Waals surface area (Å²) in [6.07, 6.45) is 1.12. The van der Waals surface area contributed by atoms with Crippen LogP contribution in [0.15, 0.2) is 4.99 Å². The van der Waals surface area contributed by atoms with Crippen LogP contribution in [0.1, 0.15) is 20.3 Å². The topological polar surface area (TPSA) is 56.8 Å². The summed E-state index contributed by atoms with van der Waals surface area (Å²) in [5.41, 5.74) is 5.46. The van der Waals surface area contributed by atoms with Gasteiger partial charge in [-0.3, -0.25) is 0 Å². The van der Waals surface area contributed by atoms with E-state index in [1.54, 1.807) is 0 Å². The quantitative estimate of drug-likeness (QED) is 0.597. The van der Waals surface area contributed by atoms with Crippen molar-refractivity contribution in [3.63, 3.8) is 0 Å². The summed E-state index contributed by atoms with van der Waals surface area (Å²) in [7, 11) is 0. The van der Waals surface area contributed by atoms with Gasteiger partial charge in [0.2, 0.25) is 0 Å². The van der Waals surface area contributed by atoms with Crippen LogP contribution in [0.25, 0.3) is 0 Å². The summed E-state index contributed by atoms with van der Waals surface area (Å²) in [4.78, 5) is 4.29. The maximum absolute atomic E-state index is 5.60. The van der Waals surface area contributed by atoms with Crippen molar-refractivity contribution in [1.29, 1.82) is 0 Å². The molecule has 2 rings (SSSR count). The third-order valence-electron chi connectivity index (χ3n) is 2.87. The molecular weight excluding hydrogens is 168 g/mol. The van der Waals surface area contributed by atoms with E-state index in [-0.39, 0.29) is 11.6 Å². The maximum atomic E-state index is 5.60. The second kappa shape index (κ2) is 2.87. The number of nitrogens with two attached hydrogens (primary N) is 1. The van der Waals surface area contributed by atoms with Crippen LogP contribution < -0.4 is 5.73 Å². The molecule has 0 aromatic rings. The summed E-state index contributed by atoms with van der Waals surface area (Å²) in [5.74, 6) is 0.341. The van der Waals surface area contributed by atoms with Gasteiger partial charge in [-0.25, -0.2) is 4.99 Å². The summed E-state index contributed by atoms with van der Waals surface area (Å²) in [5, 5.41) is 0. The predicted octanol–water partition coefficient (Wildman–Crippen LogP) is 0.515. The molecule has 0 aromatic heterocycles. The molecule has 2 aliphatic heterocycles. The van der Waals surface area contributed by atoms with Crippen molar-refractivity contribution in [2.75, 3.05) is 13.2 Å². The molecule has 4 nitrogen and oxygen atoms in total. The molecule has 0 aromatic carbocycles. The van der Waals surface area contributed by atoms with Gasteiger partial charge in [0.05, 0.1) is 18.8 Å². The Labute approximate surface area is 78.1 Å². The zero-order valence-corrected chi connectivity index (χ0v) is 8.12. The van der Waals surface area contributed by atoms with Crippen LogP contribution in [0, 0.1) is 5.92 Å². The second-order valence-electron chi connectivity index (χ2n) is 4.23. The standard InChI is InChI=1S/C9H16N2O2/c1-9(2)6-5-12-4-3-7(6)13-8(10)11-9/h6-7H,3-5H2,1-2H3,(H2,10,11)/t6-,7+/m0/s1. The lowest BCUT2D eigenvalue weighted by atomic mass is 9.81. The highest BCUT2D eigenvalue weighted by molar-refractivity contribution is 5.73. The Morgan fingerprint density at radius 2 is 2.31 bits per heavy atom. The molecule has 4 heteroatoms. The molecule has 0 amide bonds. The minimum atomic E-state index is -0.145. The first-order chi connectivity index (χ1) is 6.09. The van der Waals surface area contributed by atoms with E-state index in [0.717, 1.165) is 19.6 Å². The zero-order chi connectivity index (χ0) is 9.47. The number of fused-ring (bicyclic) bond motifs is 1. The Balaban J connectivity index is 2.23. The molecule has 1 fully saturated rings. The van der Waals surface area contributed by atoms with E-state index in [1.165, 1.54) is 0 Å². The number of hydrogen-bond acceptors (Lipinski definition) is 4. The van der Waals surface area contributed by atoms with Gasteiger partial charge in [-0.2, -0.15) is 0 Å². The molecule has 13 heavy (non-hydrogen) atoms. The van der Waals surface area contributed by atoms with Gasteiger partial charge in [-0.05, 0) is 13.8 Å². The molecule has 0 bridgehead atoms. The average molecular weight is 184 g/mol. The van der Waals surface area contributed by atoms with Crippen molar-refractivity contribution in [3.8, 4) is 0 Å². The third kappa shape index (κ3) is 1.50. The van der Waals surface area contributed by atoms with Gasteiger partial charge in [0, 0.05) is 12.3 Å². The minimum Gasteiger partial charge on any atom is -0.462 e. The smallest absolute Gasteiger partial charge is 0.282 e. The zero-order valence-electron chi connectivity index (χ0n) is 8.12. The van der Waals surface area contributed by atoms with Gasteiger partial charge in [-0.1, -0.05) is 0 Å². The normalized spacial score (nSPS) is 37.2. The fourth-order valence-electron chi connectivity index (χ4n) is 2.07. The highest BCUT2D eigenvalue weighted by Crippen LogP contribution is 2.34. The van der Waals surface area contributed by atoms with Gasteiger partial charge in [0.1, 0.15) is 6.10 Å². The van der Waals surface area contributed by atoms with E-state index in [9.17, 15) is 0 Å². The van der Waals surface area contributed by atoms with Crippen molar-refractivity contribution in [2.45, 2.75) is 31.9 Å². The number of nitrogens with zero attached hydrogens (tertiary/aromatic N) is 1. The van der Waals surface area contributed by atoms with E-state index < -0.39 is 0 Å². The molecule has 0 unspecified atom stereocenters. The van der Waals surface area contributed by atoms with Gasteiger partial charge < -0.3 is 15.2 Å². The van der Waals surface area contributed by atoms with Crippen LogP contribution >= 0.6 is 0 Å². The summed E-state index contributed by atoms with van der Waals surface area (Å²) >= 11 is 0. The first-order valence-electron chi connectivity index (χ1n) is 4.69. The molecule has 0 radical (unpaired) electrons. The van der Waals surface area contributed by atoms with Crippen LogP contribution in [0.4, 0.5) is 0 Å². The van der Waals surface area contributed by atoms with E-state index >= 15 is 0 Å². The highest BCUT2D eigenvalue weighted by atomic mass is 16.5. The van der Waals surface area contributed by atoms with Gasteiger partial charge in [0.25, 0.3) is 6.02 Å². The van der Waals surface area contributed by atoms with Gasteiger partial charge >= 0.3 is 0 Å². The molecule has 74 valence electrons. The summed E-state index contributed by atoms with van der Waals surface area (Å²) < 4.78 is 10.9. The second-order valence-corrected chi connectivity index (χ2v) is 4.23. The molecule has 2 heterocycles. The number of ether oxygens (including phenoxy) is 2. The van der Waals surface area contributed by atoms with Gasteiger partial charge in [-0.15, -0.1) is 0 Å². The van der Waals surface area contributed by atoms with Crippen molar-refractivity contribution < 1.29 is 9.47 Å². The molecule has 0 aliphatic carbocycles. The third-order valence-corrected chi connectivity index (χ3v) is 2.87. The molecule has 1 saturated heterocycles. The van der Waals surface area contributed by atoms with Crippen LogP contribution in [-0.2, 0) is 9.47 Å². The first-order valence-corrected chi connectivity index (χ1v) is 4.69. The van der Waals surface area contributed by atoms with Crippen LogP contribution in [0.5, 0.6) is 0 Å². The Kier molecular flexibility index (Phi) is 1.95. The first kappa shape index (κ1) is 8.81. The lowest BCUT2D eigenvalue weighted by Gasteiger charge is -2.42. The Bertz CT molecular complexity index is 238. The van der Waals surface area contributed by atoms with E-state index in [4.69, 9.17) is 15.2 Å². The fraction of sp³-hybridized carbons (Fsp3) is 0.889. The Hall–Kier alpha value is -0.770. The maximum Gasteiger partial charge on any atom is 0.282 e. The molecule has 0 spiro atoms. The molecular formula is C9H16N2O2. The van der Waals surface area contributed by atoms with Gasteiger partial charge in [0.15, 0.2) is 0 Å². The van der Waals surface area contributed by atoms with Crippen molar-refractivity contribution in [1.82, 2.24) is 0 Å². The molecule has 2 N–H and O–H groups in total. The number of amidine groups is 1. The van der Waals surface area contributed by atoms with E-state index in [1.807, 2.05) is 0 Å². The molecule has 0 saturated carbocycles. The summed E-state index contributed by atoms with van der Waals surface area (Å²) in [6, 6.07) is 0.327. The average Bonchev–Trinajstić information content (AvgIpc) is 2.02. The summed E-state index contributed by atoms with van der Waals surface area (Å²) in [6.45, 7) is 5.66. The number of rotatable bonds is 0.